The van der Waals surface area contributed by atoms with E-state index in [9.17, 15) is 5.11 Å². The highest BCUT2D eigenvalue weighted by Gasteiger charge is 2.27. The van der Waals surface area contributed by atoms with Gasteiger partial charge in [-0.3, -0.25) is 0 Å². The number of nitrogens with zero attached hydrogens (tertiary/aromatic N) is 2. The van der Waals surface area contributed by atoms with Crippen LogP contribution in [0, 0.1) is 11.8 Å². The highest BCUT2D eigenvalue weighted by Crippen LogP contribution is 2.33. The second-order valence-electron chi connectivity index (χ2n) is 6.01. The van der Waals surface area contributed by atoms with E-state index in [1.54, 1.807) is 0 Å². The van der Waals surface area contributed by atoms with Crippen LogP contribution in [-0.2, 0) is 13.0 Å². The number of aromatic nitrogens is 2. The van der Waals surface area contributed by atoms with E-state index >= 15 is 0 Å². The topological polar surface area (TPSA) is 38.0 Å². The van der Waals surface area contributed by atoms with Gasteiger partial charge in [0.15, 0.2) is 0 Å². The van der Waals surface area contributed by atoms with E-state index in [1.807, 2.05) is 12.4 Å². The molecule has 1 N–H and O–H groups in total. The molecule has 108 valence electrons. The van der Waals surface area contributed by atoms with Crippen LogP contribution in [-0.4, -0.2) is 20.8 Å². The molecule has 3 nitrogen and oxygen atoms in total. The van der Waals surface area contributed by atoms with Crippen molar-refractivity contribution in [2.75, 3.05) is 0 Å². The Balaban J connectivity index is 1.92. The van der Waals surface area contributed by atoms with Crippen LogP contribution in [0.15, 0.2) is 12.4 Å². The summed E-state index contributed by atoms with van der Waals surface area (Å²) in [7, 11) is 0. The summed E-state index contributed by atoms with van der Waals surface area (Å²) in [5, 5.41) is 10.5. The lowest BCUT2D eigenvalue weighted by molar-refractivity contribution is 0.0663. The maximum Gasteiger partial charge on any atom is 0.111 e. The van der Waals surface area contributed by atoms with Crippen molar-refractivity contribution in [2.45, 2.75) is 71.4 Å². The number of aliphatic hydroxyl groups excluding tert-OH is 1. The lowest BCUT2D eigenvalue weighted by Crippen LogP contribution is -2.29. The third-order valence-electron chi connectivity index (χ3n) is 4.60. The maximum absolute atomic E-state index is 10.5. The fourth-order valence-corrected chi connectivity index (χ4v) is 3.38. The third kappa shape index (κ3) is 3.82. The van der Waals surface area contributed by atoms with E-state index in [0.717, 1.165) is 24.7 Å². The van der Waals surface area contributed by atoms with Crippen molar-refractivity contribution in [1.82, 2.24) is 9.55 Å². The van der Waals surface area contributed by atoms with Gasteiger partial charge in [-0.2, -0.15) is 0 Å². The first-order valence-electron chi connectivity index (χ1n) is 7.92. The van der Waals surface area contributed by atoms with Crippen molar-refractivity contribution >= 4 is 0 Å². The van der Waals surface area contributed by atoms with Gasteiger partial charge in [-0.15, -0.1) is 0 Å². The van der Waals surface area contributed by atoms with Gasteiger partial charge in [0.2, 0.25) is 0 Å². The molecule has 19 heavy (non-hydrogen) atoms. The standard InChI is InChI=1S/C16H28N2O/c1-3-9-18-10-8-17-16(18)12-15(19)14-7-5-6-13(4-2)11-14/h8,10,13-15,19H,3-7,9,11-12H2,1-2H3. The Hall–Kier alpha value is -0.830. The van der Waals surface area contributed by atoms with Crippen LogP contribution in [0.2, 0.25) is 0 Å². The SMILES string of the molecule is CCCn1ccnc1CC(O)C1CCCC(CC)C1. The largest absolute Gasteiger partial charge is 0.392 e. The molecule has 0 amide bonds. The van der Waals surface area contributed by atoms with Crippen molar-refractivity contribution in [3.8, 4) is 0 Å². The van der Waals surface area contributed by atoms with Gasteiger partial charge in [0.1, 0.15) is 5.82 Å². The van der Waals surface area contributed by atoms with Gasteiger partial charge in [0.25, 0.3) is 0 Å². The number of hydrogen-bond donors (Lipinski definition) is 1. The molecule has 1 heterocycles. The van der Waals surface area contributed by atoms with Crippen LogP contribution >= 0.6 is 0 Å². The molecular weight excluding hydrogens is 236 g/mol. The second kappa shape index (κ2) is 7.09. The van der Waals surface area contributed by atoms with Gasteiger partial charge >= 0.3 is 0 Å². The van der Waals surface area contributed by atoms with Crippen LogP contribution in [0.25, 0.3) is 0 Å². The highest BCUT2D eigenvalue weighted by atomic mass is 16.3. The second-order valence-corrected chi connectivity index (χ2v) is 6.01. The molecular formula is C16H28N2O. The highest BCUT2D eigenvalue weighted by molar-refractivity contribution is 4.96. The van der Waals surface area contributed by atoms with E-state index < -0.39 is 0 Å². The Labute approximate surface area is 117 Å². The van der Waals surface area contributed by atoms with Gasteiger partial charge in [-0.1, -0.05) is 33.1 Å². The Bertz CT molecular complexity index is 375. The average molecular weight is 264 g/mol. The summed E-state index contributed by atoms with van der Waals surface area (Å²) in [5.41, 5.74) is 0. The van der Waals surface area contributed by atoms with E-state index in [0.29, 0.717) is 12.3 Å². The van der Waals surface area contributed by atoms with Crippen LogP contribution in [0.4, 0.5) is 0 Å². The zero-order valence-corrected chi connectivity index (χ0v) is 12.4. The number of rotatable bonds is 6. The number of aryl methyl sites for hydroxylation is 1. The fourth-order valence-electron chi connectivity index (χ4n) is 3.38. The van der Waals surface area contributed by atoms with Crippen molar-refractivity contribution < 1.29 is 5.11 Å². The minimum atomic E-state index is -0.215. The Morgan fingerprint density at radius 3 is 3.00 bits per heavy atom. The summed E-state index contributed by atoms with van der Waals surface area (Å²) in [6, 6.07) is 0. The van der Waals surface area contributed by atoms with Crippen molar-refractivity contribution in [2.24, 2.45) is 11.8 Å². The van der Waals surface area contributed by atoms with Crippen LogP contribution in [0.5, 0.6) is 0 Å². The van der Waals surface area contributed by atoms with Gasteiger partial charge in [0.05, 0.1) is 6.10 Å². The minimum absolute atomic E-state index is 0.215. The summed E-state index contributed by atoms with van der Waals surface area (Å²) in [4.78, 5) is 4.41. The van der Waals surface area contributed by atoms with Crippen molar-refractivity contribution in [3.63, 3.8) is 0 Å². The molecule has 1 aliphatic carbocycles. The molecule has 1 saturated carbocycles. The molecule has 3 heteroatoms. The van der Waals surface area contributed by atoms with Crippen LogP contribution in [0.1, 0.15) is 58.2 Å². The molecule has 0 bridgehead atoms. The Morgan fingerprint density at radius 2 is 2.26 bits per heavy atom. The molecule has 3 atom stereocenters. The molecule has 1 fully saturated rings. The molecule has 0 aromatic carbocycles. The van der Waals surface area contributed by atoms with E-state index in [1.165, 1.54) is 32.1 Å². The van der Waals surface area contributed by atoms with Gasteiger partial charge in [0, 0.05) is 25.4 Å². The fraction of sp³-hybridized carbons (Fsp3) is 0.812. The van der Waals surface area contributed by atoms with E-state index in [-0.39, 0.29) is 6.10 Å². The molecule has 0 radical (unpaired) electrons. The minimum Gasteiger partial charge on any atom is -0.392 e. The lowest BCUT2D eigenvalue weighted by Gasteiger charge is -2.31. The molecule has 1 aliphatic rings. The van der Waals surface area contributed by atoms with Gasteiger partial charge in [-0.05, 0) is 31.1 Å². The summed E-state index contributed by atoms with van der Waals surface area (Å²) in [6.07, 6.45) is 11.8. The summed E-state index contributed by atoms with van der Waals surface area (Å²) < 4.78 is 2.18. The zero-order valence-electron chi connectivity index (χ0n) is 12.4. The predicted octanol–water partition coefficient (Wildman–Crippen LogP) is 3.41. The summed E-state index contributed by atoms with van der Waals surface area (Å²) >= 11 is 0. The molecule has 0 saturated heterocycles. The predicted molar refractivity (Wildman–Crippen MR) is 78.0 cm³/mol. The molecule has 1 aromatic rings. The normalized spacial score (nSPS) is 25.4. The van der Waals surface area contributed by atoms with Gasteiger partial charge in [-0.25, -0.2) is 4.98 Å². The lowest BCUT2D eigenvalue weighted by atomic mass is 9.77. The monoisotopic (exact) mass is 264 g/mol. The van der Waals surface area contributed by atoms with Gasteiger partial charge < -0.3 is 9.67 Å². The third-order valence-corrected chi connectivity index (χ3v) is 4.60. The van der Waals surface area contributed by atoms with E-state index in [2.05, 4.69) is 23.4 Å². The van der Waals surface area contributed by atoms with Crippen molar-refractivity contribution in [3.05, 3.63) is 18.2 Å². The average Bonchev–Trinajstić information content (AvgIpc) is 2.86. The van der Waals surface area contributed by atoms with E-state index in [4.69, 9.17) is 0 Å². The summed E-state index contributed by atoms with van der Waals surface area (Å²) in [6.45, 7) is 5.45. The number of aliphatic hydroxyl groups is 1. The van der Waals surface area contributed by atoms with Crippen LogP contribution in [0.3, 0.4) is 0 Å². The molecule has 0 aliphatic heterocycles. The quantitative estimate of drug-likeness (QED) is 0.855. The summed E-state index contributed by atoms with van der Waals surface area (Å²) in [5.74, 6) is 2.35. The smallest absolute Gasteiger partial charge is 0.111 e. The first-order chi connectivity index (χ1) is 9.24. The molecule has 3 unspecified atom stereocenters. The molecule has 1 aromatic heterocycles. The zero-order chi connectivity index (χ0) is 13.7. The number of hydrogen-bond acceptors (Lipinski definition) is 2. The Kier molecular flexibility index (Phi) is 5.44. The van der Waals surface area contributed by atoms with Crippen LogP contribution < -0.4 is 0 Å². The first kappa shape index (κ1) is 14.6. The molecule has 2 rings (SSSR count). The molecule has 0 spiro atoms. The maximum atomic E-state index is 10.5. The first-order valence-corrected chi connectivity index (χ1v) is 7.92. The van der Waals surface area contributed by atoms with Crippen molar-refractivity contribution in [1.29, 1.82) is 0 Å². The Morgan fingerprint density at radius 1 is 1.42 bits per heavy atom. The number of imidazole rings is 1.